The number of aryl methyl sites for hydroxylation is 1. The van der Waals surface area contributed by atoms with E-state index < -0.39 is 0 Å². The molecule has 9 heteroatoms. The van der Waals surface area contributed by atoms with E-state index in [0.717, 1.165) is 24.1 Å². The van der Waals surface area contributed by atoms with Gasteiger partial charge in [-0.15, -0.1) is 10.2 Å². The molecular formula is C15H19N7O2. The number of hydrogen-bond donors (Lipinski definition) is 2. The molecule has 0 saturated carbocycles. The molecule has 2 N–H and O–H groups in total. The van der Waals surface area contributed by atoms with Gasteiger partial charge >= 0.3 is 6.03 Å². The van der Waals surface area contributed by atoms with Crippen molar-refractivity contribution in [1.29, 1.82) is 0 Å². The van der Waals surface area contributed by atoms with Crippen molar-refractivity contribution in [2.75, 3.05) is 11.9 Å². The Kier molecular flexibility index (Phi) is 4.69. The van der Waals surface area contributed by atoms with E-state index in [2.05, 4.69) is 31.2 Å². The highest BCUT2D eigenvalue weighted by Crippen LogP contribution is 2.18. The first kappa shape index (κ1) is 15.9. The van der Waals surface area contributed by atoms with Crippen LogP contribution in [0, 0.1) is 0 Å². The standard InChI is InChI=1S/C15H19N7O2/c1-3-11-8-13(24-20-11)9-16-15(23)17-12-6-4-5-10(7-12)14-18-21-22(2)19-14/h4-7,13H,3,8-9H2,1-2H3,(H2,16,17,23)/t13-/m0/s1. The Bertz CT molecular complexity index is 756. The molecule has 0 saturated heterocycles. The maximum absolute atomic E-state index is 12.0. The lowest BCUT2D eigenvalue weighted by Gasteiger charge is -2.11. The normalized spacial score (nSPS) is 16.4. The molecule has 2 amide bonds. The van der Waals surface area contributed by atoms with Crippen LogP contribution in [0.5, 0.6) is 0 Å². The first-order chi connectivity index (χ1) is 11.6. The summed E-state index contributed by atoms with van der Waals surface area (Å²) in [7, 11) is 1.70. The Balaban J connectivity index is 1.53. The van der Waals surface area contributed by atoms with E-state index in [4.69, 9.17) is 4.84 Å². The van der Waals surface area contributed by atoms with Crippen LogP contribution >= 0.6 is 0 Å². The summed E-state index contributed by atoms with van der Waals surface area (Å²) < 4.78 is 0. The summed E-state index contributed by atoms with van der Waals surface area (Å²) in [4.78, 5) is 18.7. The number of benzene rings is 1. The number of oxime groups is 1. The van der Waals surface area contributed by atoms with Gasteiger partial charge in [0.15, 0.2) is 0 Å². The Morgan fingerprint density at radius 3 is 3.04 bits per heavy atom. The molecule has 1 aromatic heterocycles. The largest absolute Gasteiger partial charge is 0.390 e. The highest BCUT2D eigenvalue weighted by Gasteiger charge is 2.20. The summed E-state index contributed by atoms with van der Waals surface area (Å²) in [6.07, 6.45) is 1.53. The van der Waals surface area contributed by atoms with Gasteiger partial charge in [0, 0.05) is 17.7 Å². The second-order valence-electron chi connectivity index (χ2n) is 5.46. The van der Waals surface area contributed by atoms with Crippen molar-refractivity contribution in [3.63, 3.8) is 0 Å². The van der Waals surface area contributed by atoms with Gasteiger partial charge in [-0.05, 0) is 23.8 Å². The topological polar surface area (TPSA) is 106 Å². The van der Waals surface area contributed by atoms with Gasteiger partial charge < -0.3 is 15.5 Å². The zero-order valence-corrected chi connectivity index (χ0v) is 13.6. The Labute approximate surface area is 139 Å². The van der Waals surface area contributed by atoms with Gasteiger partial charge in [-0.1, -0.05) is 24.2 Å². The van der Waals surface area contributed by atoms with Crippen molar-refractivity contribution in [3.05, 3.63) is 24.3 Å². The Morgan fingerprint density at radius 1 is 1.46 bits per heavy atom. The summed E-state index contributed by atoms with van der Waals surface area (Å²) in [5.41, 5.74) is 2.45. The van der Waals surface area contributed by atoms with Gasteiger partial charge in [-0.2, -0.15) is 4.80 Å². The third-order valence-corrected chi connectivity index (χ3v) is 3.58. The average Bonchev–Trinajstić information content (AvgIpc) is 3.22. The van der Waals surface area contributed by atoms with E-state index in [1.165, 1.54) is 4.80 Å². The summed E-state index contributed by atoms with van der Waals surface area (Å²) in [6.45, 7) is 2.44. The number of carbonyl (C=O) groups is 1. The molecule has 1 aliphatic heterocycles. The molecule has 0 spiro atoms. The van der Waals surface area contributed by atoms with E-state index in [0.29, 0.717) is 18.1 Å². The van der Waals surface area contributed by atoms with Crippen LogP contribution in [0.2, 0.25) is 0 Å². The Morgan fingerprint density at radius 2 is 2.33 bits per heavy atom. The van der Waals surface area contributed by atoms with Crippen LogP contribution in [-0.4, -0.2) is 44.6 Å². The number of urea groups is 1. The van der Waals surface area contributed by atoms with Gasteiger partial charge in [0.2, 0.25) is 5.82 Å². The van der Waals surface area contributed by atoms with Crippen molar-refractivity contribution >= 4 is 17.4 Å². The zero-order chi connectivity index (χ0) is 16.9. The van der Waals surface area contributed by atoms with Crippen molar-refractivity contribution in [1.82, 2.24) is 25.5 Å². The lowest BCUT2D eigenvalue weighted by molar-refractivity contribution is 0.0870. The van der Waals surface area contributed by atoms with Crippen LogP contribution < -0.4 is 10.6 Å². The van der Waals surface area contributed by atoms with Crippen LogP contribution in [0.3, 0.4) is 0 Å². The minimum Gasteiger partial charge on any atom is -0.390 e. The molecule has 1 aromatic carbocycles. The molecular weight excluding hydrogens is 310 g/mol. The highest BCUT2D eigenvalue weighted by molar-refractivity contribution is 5.90. The molecule has 1 atom stereocenters. The number of anilines is 1. The monoisotopic (exact) mass is 329 g/mol. The zero-order valence-electron chi connectivity index (χ0n) is 13.6. The van der Waals surface area contributed by atoms with Gasteiger partial charge in [0.1, 0.15) is 6.10 Å². The van der Waals surface area contributed by atoms with Crippen molar-refractivity contribution in [2.45, 2.75) is 25.9 Å². The fourth-order valence-corrected chi connectivity index (χ4v) is 2.32. The maximum atomic E-state index is 12.0. The predicted octanol–water partition coefficient (Wildman–Crippen LogP) is 1.55. The lowest BCUT2D eigenvalue weighted by atomic mass is 10.1. The Hall–Kier alpha value is -2.97. The SMILES string of the molecule is CCC1=NO[C@H](CNC(=O)Nc2cccc(-c3nnn(C)n3)c2)C1. The van der Waals surface area contributed by atoms with Gasteiger partial charge in [0.05, 0.1) is 19.3 Å². The summed E-state index contributed by atoms with van der Waals surface area (Å²) in [5.74, 6) is 0.505. The predicted molar refractivity (Wildman–Crippen MR) is 88.5 cm³/mol. The number of amides is 2. The molecule has 2 heterocycles. The van der Waals surface area contributed by atoms with Gasteiger partial charge in [-0.25, -0.2) is 4.79 Å². The quantitative estimate of drug-likeness (QED) is 0.865. The van der Waals surface area contributed by atoms with Crippen molar-refractivity contribution < 1.29 is 9.63 Å². The molecule has 0 fully saturated rings. The molecule has 126 valence electrons. The number of aromatic nitrogens is 4. The highest BCUT2D eigenvalue weighted by atomic mass is 16.6. The van der Waals surface area contributed by atoms with Crippen LogP contribution in [0.15, 0.2) is 29.4 Å². The van der Waals surface area contributed by atoms with E-state index in [1.807, 2.05) is 19.1 Å². The first-order valence-electron chi connectivity index (χ1n) is 7.75. The lowest BCUT2D eigenvalue weighted by Crippen LogP contribution is -2.35. The molecule has 0 aliphatic carbocycles. The molecule has 2 aromatic rings. The molecule has 24 heavy (non-hydrogen) atoms. The molecule has 0 unspecified atom stereocenters. The molecule has 1 aliphatic rings. The van der Waals surface area contributed by atoms with Crippen molar-refractivity contribution in [3.8, 4) is 11.4 Å². The number of rotatable bonds is 5. The molecule has 3 rings (SSSR count). The first-order valence-corrected chi connectivity index (χ1v) is 7.75. The van der Waals surface area contributed by atoms with Crippen LogP contribution in [0.1, 0.15) is 19.8 Å². The third-order valence-electron chi connectivity index (χ3n) is 3.58. The van der Waals surface area contributed by atoms with E-state index in [1.54, 1.807) is 19.2 Å². The van der Waals surface area contributed by atoms with E-state index >= 15 is 0 Å². The molecule has 0 bridgehead atoms. The second-order valence-corrected chi connectivity index (χ2v) is 5.46. The molecule has 0 radical (unpaired) electrons. The van der Waals surface area contributed by atoms with Crippen molar-refractivity contribution in [2.24, 2.45) is 12.2 Å². The minimum atomic E-state index is -0.298. The number of hydrogen-bond acceptors (Lipinski definition) is 6. The van der Waals surface area contributed by atoms with Gasteiger partial charge in [-0.3, -0.25) is 0 Å². The minimum absolute atomic E-state index is 0.0965. The fourth-order valence-electron chi connectivity index (χ4n) is 2.32. The van der Waals surface area contributed by atoms with Crippen LogP contribution in [0.25, 0.3) is 11.4 Å². The fraction of sp³-hybridized carbons (Fsp3) is 0.400. The molecule has 9 nitrogen and oxygen atoms in total. The maximum Gasteiger partial charge on any atom is 0.319 e. The third kappa shape index (κ3) is 3.86. The summed E-state index contributed by atoms with van der Waals surface area (Å²) in [6, 6.07) is 6.97. The summed E-state index contributed by atoms with van der Waals surface area (Å²) >= 11 is 0. The number of nitrogens with one attached hydrogen (secondary N) is 2. The summed E-state index contributed by atoms with van der Waals surface area (Å²) in [5, 5.41) is 21.4. The van der Waals surface area contributed by atoms with E-state index in [-0.39, 0.29) is 12.1 Å². The number of carbonyl (C=O) groups excluding carboxylic acids is 1. The second kappa shape index (κ2) is 7.07. The van der Waals surface area contributed by atoms with Crippen LogP contribution in [-0.2, 0) is 11.9 Å². The number of tetrazole rings is 1. The average molecular weight is 329 g/mol. The van der Waals surface area contributed by atoms with Crippen LogP contribution in [0.4, 0.5) is 10.5 Å². The van der Waals surface area contributed by atoms with E-state index in [9.17, 15) is 4.79 Å². The smallest absolute Gasteiger partial charge is 0.319 e. The number of nitrogens with zero attached hydrogens (tertiary/aromatic N) is 5. The van der Waals surface area contributed by atoms with Gasteiger partial charge in [0.25, 0.3) is 0 Å².